The Morgan fingerprint density at radius 3 is 2.94 bits per heavy atom. The third kappa shape index (κ3) is 2.94. The molecule has 0 unspecified atom stereocenters. The van der Waals surface area contributed by atoms with Gasteiger partial charge in [-0.2, -0.15) is 10.6 Å². The topological polar surface area (TPSA) is 85.4 Å². The molecule has 2 aliphatic rings. The monoisotopic (exact) mass is 219 g/mol. The molecule has 0 aliphatic carbocycles. The lowest BCUT2D eigenvalue weighted by molar-refractivity contribution is 0.557. The Morgan fingerprint density at radius 2 is 2.31 bits per heavy atom. The molecule has 0 spiro atoms. The smallest absolute Gasteiger partial charge is 0.0800 e. The number of fused-ring (bicyclic) bond motifs is 1. The predicted molar refractivity (Wildman–Crippen MR) is 61.7 cm³/mol. The Hall–Kier alpha value is -2.12. The van der Waals surface area contributed by atoms with E-state index in [0.717, 1.165) is 17.9 Å². The molecule has 0 atom stereocenters. The summed E-state index contributed by atoms with van der Waals surface area (Å²) in [5.41, 5.74) is 15.9. The molecule has 5 N–H and O–H groups in total. The standard InChI is InChI=1S/C6H8N4.C3H5N3/c1-2-5-6(7-3-1)4-8-10-9-5;1-2-4-6-5-3-1/h1-3,8-10H,4H2;1-4,6H. The first-order valence-corrected chi connectivity index (χ1v) is 4.83. The summed E-state index contributed by atoms with van der Waals surface area (Å²) in [7, 11) is 0. The first-order valence-electron chi connectivity index (χ1n) is 4.83. The minimum absolute atomic E-state index is 0.767. The number of hydrogen-bond donors (Lipinski definition) is 5. The van der Waals surface area contributed by atoms with Crippen LogP contribution in [0, 0.1) is 0 Å². The lowest BCUT2D eigenvalue weighted by Gasteiger charge is -2.17. The first kappa shape index (κ1) is 10.4. The molecule has 2 aliphatic heterocycles. The zero-order valence-electron chi connectivity index (χ0n) is 8.57. The van der Waals surface area contributed by atoms with Gasteiger partial charge in [0.25, 0.3) is 0 Å². The molecule has 0 saturated carbocycles. The Bertz CT molecular complexity index is 350. The van der Waals surface area contributed by atoms with Gasteiger partial charge >= 0.3 is 0 Å². The molecule has 1 aromatic heterocycles. The summed E-state index contributed by atoms with van der Waals surface area (Å²) in [5, 5.41) is 3.60. The van der Waals surface area contributed by atoms with Crippen LogP contribution in [0.5, 0.6) is 0 Å². The highest BCUT2D eigenvalue weighted by molar-refractivity contribution is 5.70. The maximum atomic E-state index is 4.15. The Balaban J connectivity index is 0.000000138. The zero-order chi connectivity index (χ0) is 11.1. The number of nitrogens with one attached hydrogen (secondary N) is 5. The molecular weight excluding hydrogens is 206 g/mol. The van der Waals surface area contributed by atoms with Crippen LogP contribution in [0.25, 0.3) is 0 Å². The Labute approximate surface area is 92.9 Å². The van der Waals surface area contributed by atoms with E-state index in [1.54, 1.807) is 24.7 Å². The summed E-state index contributed by atoms with van der Waals surface area (Å²) >= 11 is 0. The molecule has 7 heteroatoms. The van der Waals surface area contributed by atoms with Gasteiger partial charge in [-0.15, -0.1) is 0 Å². The van der Waals surface area contributed by atoms with Crippen molar-refractivity contribution in [3.05, 3.63) is 36.3 Å². The van der Waals surface area contributed by atoms with Gasteiger partial charge in [0.05, 0.1) is 24.1 Å². The fourth-order valence-corrected chi connectivity index (χ4v) is 1.18. The van der Waals surface area contributed by atoms with Crippen molar-refractivity contribution in [2.24, 2.45) is 5.10 Å². The third-order valence-electron chi connectivity index (χ3n) is 1.90. The number of allylic oxidation sites excluding steroid dienone is 1. The summed E-state index contributed by atoms with van der Waals surface area (Å²) in [6, 6.07) is 3.88. The van der Waals surface area contributed by atoms with Crippen LogP contribution < -0.4 is 27.3 Å². The fraction of sp³-hybridized carbons (Fsp3) is 0.111. The predicted octanol–water partition coefficient (Wildman–Crippen LogP) is -0.390. The molecule has 0 fully saturated rings. The van der Waals surface area contributed by atoms with Crippen molar-refractivity contribution in [3.63, 3.8) is 0 Å². The van der Waals surface area contributed by atoms with Crippen molar-refractivity contribution >= 4 is 11.9 Å². The van der Waals surface area contributed by atoms with Crippen molar-refractivity contribution in [2.45, 2.75) is 6.54 Å². The van der Waals surface area contributed by atoms with Gasteiger partial charge in [0.2, 0.25) is 0 Å². The molecule has 0 amide bonds. The van der Waals surface area contributed by atoms with E-state index in [0.29, 0.717) is 0 Å². The maximum Gasteiger partial charge on any atom is 0.0800 e. The lowest BCUT2D eigenvalue weighted by Crippen LogP contribution is -2.40. The second kappa shape index (κ2) is 5.69. The van der Waals surface area contributed by atoms with Crippen LogP contribution >= 0.6 is 0 Å². The Kier molecular flexibility index (Phi) is 3.70. The normalized spacial score (nSPS) is 15.8. The highest BCUT2D eigenvalue weighted by Crippen LogP contribution is 2.11. The fourth-order valence-electron chi connectivity index (χ4n) is 1.18. The van der Waals surface area contributed by atoms with Gasteiger partial charge in [0, 0.05) is 12.4 Å². The van der Waals surface area contributed by atoms with E-state index in [9.17, 15) is 0 Å². The van der Waals surface area contributed by atoms with E-state index >= 15 is 0 Å². The maximum absolute atomic E-state index is 4.15. The van der Waals surface area contributed by atoms with Crippen molar-refractivity contribution in [2.75, 3.05) is 5.43 Å². The third-order valence-corrected chi connectivity index (χ3v) is 1.90. The molecule has 0 radical (unpaired) electrons. The summed E-state index contributed by atoms with van der Waals surface area (Å²) in [6.07, 6.45) is 7.01. The van der Waals surface area contributed by atoms with E-state index < -0.39 is 0 Å². The van der Waals surface area contributed by atoms with Crippen LogP contribution in [0.2, 0.25) is 0 Å². The molecule has 0 saturated heterocycles. The van der Waals surface area contributed by atoms with Gasteiger partial charge in [-0.3, -0.25) is 10.4 Å². The number of pyridine rings is 1. The van der Waals surface area contributed by atoms with Crippen LogP contribution in [-0.2, 0) is 6.54 Å². The minimum atomic E-state index is 0.767. The van der Waals surface area contributed by atoms with E-state index in [2.05, 4.69) is 37.4 Å². The highest BCUT2D eigenvalue weighted by atomic mass is 15.6. The van der Waals surface area contributed by atoms with E-state index in [-0.39, 0.29) is 0 Å². The van der Waals surface area contributed by atoms with Crippen molar-refractivity contribution in [3.8, 4) is 0 Å². The van der Waals surface area contributed by atoms with Crippen LogP contribution in [0.4, 0.5) is 5.69 Å². The number of hydrazine groups is 3. The van der Waals surface area contributed by atoms with E-state index in [1.165, 1.54) is 0 Å². The molecule has 1 aromatic rings. The van der Waals surface area contributed by atoms with Crippen molar-refractivity contribution in [1.29, 1.82) is 0 Å². The number of aromatic nitrogens is 1. The van der Waals surface area contributed by atoms with Gasteiger partial charge in [0.15, 0.2) is 0 Å². The molecule has 3 rings (SSSR count). The average molecular weight is 219 g/mol. The van der Waals surface area contributed by atoms with Gasteiger partial charge < -0.3 is 5.43 Å². The van der Waals surface area contributed by atoms with Gasteiger partial charge in [0.1, 0.15) is 0 Å². The van der Waals surface area contributed by atoms with Gasteiger partial charge in [-0.05, 0) is 18.2 Å². The summed E-state index contributed by atoms with van der Waals surface area (Å²) in [5.74, 6) is 0. The van der Waals surface area contributed by atoms with Crippen molar-refractivity contribution in [1.82, 2.24) is 26.9 Å². The van der Waals surface area contributed by atoms with Crippen LogP contribution in [0.1, 0.15) is 5.69 Å². The van der Waals surface area contributed by atoms with Crippen LogP contribution in [0.3, 0.4) is 0 Å². The summed E-state index contributed by atoms with van der Waals surface area (Å²) in [6.45, 7) is 0.767. The first-order chi connectivity index (χ1) is 7.97. The number of hydrogen-bond acceptors (Lipinski definition) is 7. The number of rotatable bonds is 0. The minimum Gasteiger partial charge on any atom is -0.306 e. The summed E-state index contributed by atoms with van der Waals surface area (Å²) in [4.78, 5) is 4.15. The SMILES string of the molecule is C1=CNNN=C1.c1cnc2c(c1)NNNC2. The Morgan fingerprint density at radius 1 is 1.31 bits per heavy atom. The van der Waals surface area contributed by atoms with E-state index in [4.69, 9.17) is 0 Å². The highest BCUT2D eigenvalue weighted by Gasteiger charge is 2.05. The number of anilines is 1. The second-order valence-electron chi connectivity index (χ2n) is 2.99. The molecule has 16 heavy (non-hydrogen) atoms. The average Bonchev–Trinajstić information content (AvgIpc) is 2.42. The van der Waals surface area contributed by atoms with Crippen molar-refractivity contribution < 1.29 is 0 Å². The number of nitrogens with zero attached hydrogens (tertiary/aromatic N) is 2. The molecule has 7 nitrogen and oxygen atoms in total. The second-order valence-corrected chi connectivity index (χ2v) is 2.99. The molecule has 3 heterocycles. The van der Waals surface area contributed by atoms with Crippen LogP contribution in [-0.4, -0.2) is 11.2 Å². The number of hydrazone groups is 1. The zero-order valence-corrected chi connectivity index (χ0v) is 8.57. The van der Waals surface area contributed by atoms with Gasteiger partial charge in [-0.1, -0.05) is 0 Å². The molecule has 0 bridgehead atoms. The largest absolute Gasteiger partial charge is 0.306 e. The van der Waals surface area contributed by atoms with Gasteiger partial charge in [-0.25, -0.2) is 11.0 Å². The van der Waals surface area contributed by atoms with E-state index in [1.807, 2.05) is 12.1 Å². The molecule has 0 aromatic carbocycles. The lowest BCUT2D eigenvalue weighted by atomic mass is 10.3. The molecular formula is C9H13N7. The quantitative estimate of drug-likeness (QED) is 0.408. The molecule has 84 valence electrons. The summed E-state index contributed by atoms with van der Waals surface area (Å²) < 4.78 is 0. The van der Waals surface area contributed by atoms with Crippen LogP contribution in [0.15, 0.2) is 35.7 Å².